The van der Waals surface area contributed by atoms with Gasteiger partial charge in [0.1, 0.15) is 0 Å². The number of rotatable bonds is 5. The van der Waals surface area contributed by atoms with Gasteiger partial charge in [0.2, 0.25) is 0 Å². The maximum absolute atomic E-state index is 12.1. The lowest BCUT2D eigenvalue weighted by atomic mass is 9.91. The molecule has 1 saturated heterocycles. The molecule has 0 radical (unpaired) electrons. The Morgan fingerprint density at radius 1 is 1.43 bits per heavy atom. The van der Waals surface area contributed by atoms with Gasteiger partial charge in [-0.2, -0.15) is 0 Å². The summed E-state index contributed by atoms with van der Waals surface area (Å²) in [6.07, 6.45) is 6.80. The number of nitrogens with zero attached hydrogens (tertiary/aromatic N) is 3. The Morgan fingerprint density at radius 2 is 2.24 bits per heavy atom. The fourth-order valence-corrected chi connectivity index (χ4v) is 2.68. The fraction of sp³-hybridized carbons (Fsp3) is 0.643. The van der Waals surface area contributed by atoms with E-state index in [4.69, 9.17) is 5.11 Å². The number of urea groups is 1. The number of nitrogens with one attached hydrogen (secondary N) is 1. The number of aromatic nitrogens is 2. The lowest BCUT2D eigenvalue weighted by Gasteiger charge is -2.34. The minimum Gasteiger partial charge on any atom is -0.481 e. The van der Waals surface area contributed by atoms with E-state index in [1.807, 2.05) is 17.7 Å². The summed E-state index contributed by atoms with van der Waals surface area (Å²) in [5.74, 6) is -1.05. The second kappa shape index (κ2) is 7.10. The lowest BCUT2D eigenvalue weighted by molar-refractivity contribution is -0.143. The number of imidazole rings is 1. The highest BCUT2D eigenvalue weighted by atomic mass is 16.4. The zero-order valence-electron chi connectivity index (χ0n) is 12.2. The number of aryl methyl sites for hydroxylation is 1. The average molecular weight is 294 g/mol. The van der Waals surface area contributed by atoms with Gasteiger partial charge >= 0.3 is 12.0 Å². The van der Waals surface area contributed by atoms with Gasteiger partial charge in [-0.05, 0) is 18.8 Å². The van der Waals surface area contributed by atoms with E-state index in [1.165, 1.54) is 0 Å². The van der Waals surface area contributed by atoms with Crippen molar-refractivity contribution in [1.29, 1.82) is 0 Å². The van der Waals surface area contributed by atoms with E-state index in [-0.39, 0.29) is 11.9 Å². The maximum atomic E-state index is 12.1. The van der Waals surface area contributed by atoms with Crippen LogP contribution < -0.4 is 5.32 Å². The Morgan fingerprint density at radius 3 is 2.90 bits per heavy atom. The maximum Gasteiger partial charge on any atom is 0.317 e. The molecule has 2 unspecified atom stereocenters. The molecule has 2 rings (SSSR count). The predicted octanol–water partition coefficient (Wildman–Crippen LogP) is 1.03. The van der Waals surface area contributed by atoms with Crippen LogP contribution >= 0.6 is 0 Å². The number of carboxylic acids is 1. The fourth-order valence-electron chi connectivity index (χ4n) is 2.68. The normalized spacial score (nSPS) is 22.0. The molecule has 2 heterocycles. The van der Waals surface area contributed by atoms with E-state index in [9.17, 15) is 9.59 Å². The number of hydrogen-bond acceptors (Lipinski definition) is 3. The van der Waals surface area contributed by atoms with Crippen molar-refractivity contribution in [2.24, 2.45) is 11.8 Å². The second-order valence-electron chi connectivity index (χ2n) is 5.67. The first-order valence-corrected chi connectivity index (χ1v) is 7.27. The zero-order valence-corrected chi connectivity index (χ0v) is 12.2. The molecule has 7 heteroatoms. The molecule has 0 aliphatic carbocycles. The summed E-state index contributed by atoms with van der Waals surface area (Å²) in [6, 6.07) is -0.168. The molecule has 1 fully saturated rings. The first-order valence-electron chi connectivity index (χ1n) is 7.27. The smallest absolute Gasteiger partial charge is 0.317 e. The SMILES string of the molecule is CC1CC(C(=O)O)CN(C(=O)NCCCn2ccnc2)C1. The van der Waals surface area contributed by atoms with Gasteiger partial charge in [-0.1, -0.05) is 6.92 Å². The predicted molar refractivity (Wildman–Crippen MR) is 76.7 cm³/mol. The molecule has 2 N–H and O–H groups in total. The summed E-state index contributed by atoms with van der Waals surface area (Å²) in [4.78, 5) is 28.7. The van der Waals surface area contributed by atoms with Gasteiger partial charge < -0.3 is 19.9 Å². The lowest BCUT2D eigenvalue weighted by Crippen LogP contribution is -2.49. The van der Waals surface area contributed by atoms with Crippen LogP contribution in [0.1, 0.15) is 19.8 Å². The molecular formula is C14H22N4O3. The molecule has 0 aromatic carbocycles. The largest absolute Gasteiger partial charge is 0.481 e. The van der Waals surface area contributed by atoms with Crippen LogP contribution in [0.15, 0.2) is 18.7 Å². The van der Waals surface area contributed by atoms with E-state index >= 15 is 0 Å². The van der Waals surface area contributed by atoms with Crippen molar-refractivity contribution in [3.8, 4) is 0 Å². The highest BCUT2D eigenvalue weighted by molar-refractivity contribution is 5.76. The number of aliphatic carboxylic acids is 1. The summed E-state index contributed by atoms with van der Waals surface area (Å²) in [5, 5.41) is 12.0. The number of amides is 2. The van der Waals surface area contributed by atoms with E-state index in [1.54, 1.807) is 17.4 Å². The van der Waals surface area contributed by atoms with Gasteiger partial charge in [0.15, 0.2) is 0 Å². The van der Waals surface area contributed by atoms with E-state index in [0.717, 1.165) is 13.0 Å². The zero-order chi connectivity index (χ0) is 15.2. The third-order valence-corrected chi connectivity index (χ3v) is 3.72. The van der Waals surface area contributed by atoms with Gasteiger partial charge in [-0.3, -0.25) is 4.79 Å². The third kappa shape index (κ3) is 4.47. The number of piperidine rings is 1. The molecule has 0 saturated carbocycles. The van der Waals surface area contributed by atoms with Crippen molar-refractivity contribution in [3.63, 3.8) is 0 Å². The number of carbonyl (C=O) groups excluding carboxylic acids is 1. The summed E-state index contributed by atoms with van der Waals surface area (Å²) in [7, 11) is 0. The van der Waals surface area contributed by atoms with Crippen molar-refractivity contribution in [3.05, 3.63) is 18.7 Å². The average Bonchev–Trinajstić information content (AvgIpc) is 2.95. The van der Waals surface area contributed by atoms with Gasteiger partial charge in [0.25, 0.3) is 0 Å². The Hall–Kier alpha value is -2.05. The standard InChI is InChI=1S/C14H22N4O3/c1-11-7-12(13(19)20)9-18(8-11)14(21)16-3-2-5-17-6-4-15-10-17/h4,6,10-12H,2-3,5,7-9H2,1H3,(H,16,21)(H,19,20). The third-order valence-electron chi connectivity index (χ3n) is 3.72. The van der Waals surface area contributed by atoms with Crippen LogP contribution in [0.2, 0.25) is 0 Å². The molecular weight excluding hydrogens is 272 g/mol. The van der Waals surface area contributed by atoms with Gasteiger partial charge in [0, 0.05) is 38.6 Å². The molecule has 1 aliphatic rings. The molecule has 116 valence electrons. The van der Waals surface area contributed by atoms with Crippen molar-refractivity contribution < 1.29 is 14.7 Å². The number of carbonyl (C=O) groups is 2. The highest BCUT2D eigenvalue weighted by Crippen LogP contribution is 2.21. The van der Waals surface area contributed by atoms with Crippen LogP contribution in [0.5, 0.6) is 0 Å². The number of carboxylic acid groups (broad SMARTS) is 1. The van der Waals surface area contributed by atoms with Crippen molar-refractivity contribution >= 4 is 12.0 Å². The molecule has 21 heavy (non-hydrogen) atoms. The van der Waals surface area contributed by atoms with Crippen LogP contribution in [0, 0.1) is 11.8 Å². The number of likely N-dealkylation sites (tertiary alicyclic amines) is 1. The van der Waals surface area contributed by atoms with Crippen LogP contribution in [0.4, 0.5) is 4.79 Å². The molecule has 1 aromatic heterocycles. The molecule has 1 aromatic rings. The minimum atomic E-state index is -0.820. The Bertz CT molecular complexity index is 475. The Balaban J connectivity index is 1.73. The van der Waals surface area contributed by atoms with E-state index < -0.39 is 11.9 Å². The summed E-state index contributed by atoms with van der Waals surface area (Å²) < 4.78 is 1.95. The van der Waals surface area contributed by atoms with Crippen LogP contribution in [-0.4, -0.2) is 51.2 Å². The van der Waals surface area contributed by atoms with Crippen LogP contribution in [-0.2, 0) is 11.3 Å². The summed E-state index contributed by atoms with van der Waals surface area (Å²) in [6.45, 7) is 4.27. The van der Waals surface area contributed by atoms with Crippen molar-refractivity contribution in [1.82, 2.24) is 19.8 Å². The van der Waals surface area contributed by atoms with Crippen molar-refractivity contribution in [2.75, 3.05) is 19.6 Å². The Kier molecular flexibility index (Phi) is 5.19. The molecule has 0 bridgehead atoms. The van der Waals surface area contributed by atoms with Crippen LogP contribution in [0.25, 0.3) is 0 Å². The first kappa shape index (κ1) is 15.3. The van der Waals surface area contributed by atoms with Crippen molar-refractivity contribution in [2.45, 2.75) is 26.3 Å². The van der Waals surface area contributed by atoms with Gasteiger partial charge in [0.05, 0.1) is 12.2 Å². The molecule has 1 aliphatic heterocycles. The van der Waals surface area contributed by atoms with E-state index in [2.05, 4.69) is 10.3 Å². The highest BCUT2D eigenvalue weighted by Gasteiger charge is 2.31. The molecule has 7 nitrogen and oxygen atoms in total. The number of hydrogen-bond donors (Lipinski definition) is 2. The van der Waals surface area contributed by atoms with Gasteiger partial charge in [-0.25, -0.2) is 9.78 Å². The molecule has 2 atom stereocenters. The summed E-state index contributed by atoms with van der Waals surface area (Å²) >= 11 is 0. The molecule has 2 amide bonds. The topological polar surface area (TPSA) is 87.5 Å². The second-order valence-corrected chi connectivity index (χ2v) is 5.67. The van der Waals surface area contributed by atoms with Gasteiger partial charge in [-0.15, -0.1) is 0 Å². The quantitative estimate of drug-likeness (QED) is 0.794. The monoisotopic (exact) mass is 294 g/mol. The molecule has 0 spiro atoms. The minimum absolute atomic E-state index is 0.168. The van der Waals surface area contributed by atoms with E-state index in [0.29, 0.717) is 26.1 Å². The summed E-state index contributed by atoms with van der Waals surface area (Å²) in [5.41, 5.74) is 0. The van der Waals surface area contributed by atoms with Crippen LogP contribution in [0.3, 0.4) is 0 Å². The first-order chi connectivity index (χ1) is 10.1. The Labute approximate surface area is 124 Å².